The van der Waals surface area contributed by atoms with Gasteiger partial charge < -0.3 is 9.90 Å². The Labute approximate surface area is 93.7 Å². The van der Waals surface area contributed by atoms with Gasteiger partial charge >= 0.3 is 6.18 Å². The molecule has 2 atom stereocenters. The Morgan fingerprint density at radius 3 is 2.31 bits per heavy atom. The number of carbonyl (C=O) groups is 1. The van der Waals surface area contributed by atoms with Crippen LogP contribution in [-0.4, -0.2) is 48.3 Å². The molecule has 94 valence electrons. The predicted molar refractivity (Wildman–Crippen MR) is 47.8 cm³/mol. The topological polar surface area (TPSA) is 77.5 Å². The predicted octanol–water partition coefficient (Wildman–Crippen LogP) is -0.998. The zero-order chi connectivity index (χ0) is 12.7. The first-order chi connectivity index (χ1) is 7.05. The summed E-state index contributed by atoms with van der Waals surface area (Å²) >= 11 is 0.222. The van der Waals surface area contributed by atoms with Gasteiger partial charge in [-0.05, 0) is 0 Å². The fourth-order valence-electron chi connectivity index (χ4n) is 1.31. The second-order valence-corrected chi connectivity index (χ2v) is 6.16. The van der Waals surface area contributed by atoms with Crippen molar-refractivity contribution in [3.05, 3.63) is 0 Å². The van der Waals surface area contributed by atoms with E-state index >= 15 is 0 Å². The van der Waals surface area contributed by atoms with E-state index in [-0.39, 0.29) is 16.1 Å². The second-order valence-electron chi connectivity index (χ2n) is 3.16. The van der Waals surface area contributed by atoms with E-state index in [1.54, 1.807) is 0 Å². The molecule has 0 spiro atoms. The number of hydrogen-bond donors (Lipinski definition) is 0. The van der Waals surface area contributed by atoms with Gasteiger partial charge in [-0.1, -0.05) is 0 Å². The lowest BCUT2D eigenvalue weighted by molar-refractivity contribution is -0.310. The molecule has 0 radical (unpaired) electrons. The molecule has 5 nitrogen and oxygen atoms in total. The summed E-state index contributed by atoms with van der Waals surface area (Å²) < 4.78 is 59.5. The largest absolute Gasteiger partial charge is 0.548 e. The molecule has 0 N–H and O–H groups in total. The Bertz CT molecular complexity index is 393. The van der Waals surface area contributed by atoms with Crippen LogP contribution >= 0.6 is 11.8 Å². The van der Waals surface area contributed by atoms with Crippen LogP contribution in [0.5, 0.6) is 0 Å². The molecular weight excluding hydrogens is 271 g/mol. The maximum atomic E-state index is 12.4. The summed E-state index contributed by atoms with van der Waals surface area (Å²) in [5.74, 6) is -2.30. The maximum Gasteiger partial charge on any atom is 0.414 e. The Balaban J connectivity index is 3.13. The molecule has 0 aromatic heterocycles. The van der Waals surface area contributed by atoms with Crippen LogP contribution in [0.3, 0.4) is 0 Å². The molecular formula is C6H7F3NO4S2-. The van der Waals surface area contributed by atoms with E-state index in [2.05, 4.69) is 0 Å². The highest BCUT2D eigenvalue weighted by Crippen LogP contribution is 2.41. The molecule has 0 aliphatic carbocycles. The number of rotatable bonds is 2. The third-order valence-corrected chi connectivity index (χ3v) is 4.57. The smallest absolute Gasteiger partial charge is 0.414 e. The number of hydrogen-bond acceptors (Lipinski definition) is 5. The first kappa shape index (κ1) is 13.6. The molecule has 10 heteroatoms. The number of carboxylic acids is 1. The zero-order valence-electron chi connectivity index (χ0n) is 7.89. The summed E-state index contributed by atoms with van der Waals surface area (Å²) in [4.78, 5) is 10.5. The highest BCUT2D eigenvalue weighted by molar-refractivity contribution is 8.01. The van der Waals surface area contributed by atoms with Crippen LogP contribution in [0.4, 0.5) is 13.2 Å². The molecule has 1 fully saturated rings. The SMILES string of the molecule is CS(=O)(=O)N1[C@@H](C(=O)[O-])CS[C@@H]1C(F)(F)F. The van der Waals surface area contributed by atoms with Crippen molar-refractivity contribution in [1.82, 2.24) is 4.31 Å². The molecule has 0 bridgehead atoms. The minimum atomic E-state index is -4.81. The van der Waals surface area contributed by atoms with Crippen molar-refractivity contribution in [1.29, 1.82) is 0 Å². The van der Waals surface area contributed by atoms with Gasteiger partial charge in [-0.3, -0.25) is 0 Å². The van der Waals surface area contributed by atoms with Gasteiger partial charge in [0, 0.05) is 5.75 Å². The zero-order valence-corrected chi connectivity index (χ0v) is 9.53. The molecule has 0 saturated carbocycles. The van der Waals surface area contributed by atoms with Gasteiger partial charge in [0.05, 0.1) is 18.3 Å². The van der Waals surface area contributed by atoms with Gasteiger partial charge in [0.25, 0.3) is 0 Å². The lowest BCUT2D eigenvalue weighted by Crippen LogP contribution is -2.53. The highest BCUT2D eigenvalue weighted by Gasteiger charge is 2.54. The van der Waals surface area contributed by atoms with Gasteiger partial charge in [0.15, 0.2) is 5.37 Å². The monoisotopic (exact) mass is 278 g/mol. The first-order valence-corrected chi connectivity index (χ1v) is 6.82. The van der Waals surface area contributed by atoms with Crippen LogP contribution in [0.2, 0.25) is 0 Å². The van der Waals surface area contributed by atoms with Crippen LogP contribution < -0.4 is 5.11 Å². The van der Waals surface area contributed by atoms with Gasteiger partial charge in [-0.15, -0.1) is 11.8 Å². The third kappa shape index (κ3) is 2.61. The summed E-state index contributed by atoms with van der Waals surface area (Å²) in [7, 11) is -4.26. The Hall–Kier alpha value is -0.480. The quantitative estimate of drug-likeness (QED) is 0.647. The fraction of sp³-hybridized carbons (Fsp3) is 0.833. The van der Waals surface area contributed by atoms with Crippen LogP contribution in [-0.2, 0) is 14.8 Å². The highest BCUT2D eigenvalue weighted by atomic mass is 32.2. The van der Waals surface area contributed by atoms with E-state index in [4.69, 9.17) is 0 Å². The number of thioether (sulfide) groups is 1. The molecule has 1 aliphatic rings. The second kappa shape index (κ2) is 4.08. The average molecular weight is 278 g/mol. The van der Waals surface area contributed by atoms with E-state index in [0.717, 1.165) is 0 Å². The van der Waals surface area contributed by atoms with Crippen molar-refractivity contribution in [3.8, 4) is 0 Å². The molecule has 1 saturated heterocycles. The number of alkyl halides is 3. The number of carbonyl (C=O) groups excluding carboxylic acids is 1. The van der Waals surface area contributed by atoms with Crippen molar-refractivity contribution in [2.75, 3.05) is 12.0 Å². The van der Waals surface area contributed by atoms with Crippen LogP contribution in [0, 0.1) is 0 Å². The lowest BCUT2D eigenvalue weighted by atomic mass is 10.3. The van der Waals surface area contributed by atoms with Gasteiger partial charge in [0.1, 0.15) is 0 Å². The van der Waals surface area contributed by atoms with Crippen LogP contribution in [0.1, 0.15) is 0 Å². The Morgan fingerprint density at radius 2 is 2.00 bits per heavy atom. The number of nitrogens with zero attached hydrogens (tertiary/aromatic N) is 1. The van der Waals surface area contributed by atoms with Crippen molar-refractivity contribution >= 4 is 27.8 Å². The summed E-state index contributed by atoms with van der Waals surface area (Å²) in [6.07, 6.45) is -4.27. The van der Waals surface area contributed by atoms with Gasteiger partial charge in [-0.2, -0.15) is 17.5 Å². The normalized spacial score (nSPS) is 28.2. The average Bonchev–Trinajstić information content (AvgIpc) is 2.43. The molecule has 16 heavy (non-hydrogen) atoms. The van der Waals surface area contributed by atoms with E-state index in [1.165, 1.54) is 0 Å². The Morgan fingerprint density at radius 1 is 1.50 bits per heavy atom. The molecule has 0 aromatic rings. The van der Waals surface area contributed by atoms with Crippen LogP contribution in [0.15, 0.2) is 0 Å². The van der Waals surface area contributed by atoms with Gasteiger partial charge in [0.2, 0.25) is 10.0 Å². The number of aliphatic carboxylic acids is 1. The minimum Gasteiger partial charge on any atom is -0.548 e. The van der Waals surface area contributed by atoms with E-state index in [1.807, 2.05) is 0 Å². The molecule has 1 aliphatic heterocycles. The summed E-state index contributed by atoms with van der Waals surface area (Å²) in [6, 6.07) is -1.77. The van der Waals surface area contributed by atoms with E-state index in [0.29, 0.717) is 6.26 Å². The lowest BCUT2D eigenvalue weighted by Gasteiger charge is -2.28. The van der Waals surface area contributed by atoms with Crippen molar-refractivity contribution in [2.24, 2.45) is 0 Å². The number of halogens is 3. The maximum absolute atomic E-state index is 12.4. The summed E-state index contributed by atoms with van der Waals surface area (Å²) in [5.41, 5.74) is 0. The first-order valence-electron chi connectivity index (χ1n) is 3.93. The van der Waals surface area contributed by atoms with Crippen molar-refractivity contribution in [2.45, 2.75) is 17.6 Å². The van der Waals surface area contributed by atoms with E-state index in [9.17, 15) is 31.5 Å². The summed E-state index contributed by atoms with van der Waals surface area (Å²) in [5, 5.41) is 8.18. The van der Waals surface area contributed by atoms with E-state index < -0.39 is 39.3 Å². The molecule has 1 rings (SSSR count). The molecule has 1 heterocycles. The van der Waals surface area contributed by atoms with Crippen molar-refractivity contribution < 1.29 is 31.5 Å². The molecule has 0 unspecified atom stereocenters. The van der Waals surface area contributed by atoms with Crippen LogP contribution in [0.25, 0.3) is 0 Å². The minimum absolute atomic E-state index is 0.0625. The number of carboxylic acid groups (broad SMARTS) is 1. The standard InChI is InChI=1S/C6H8F3NO4S2/c1-16(13,14)10-3(4(11)12)2-15-5(10)6(7,8)9/h3,5H,2H2,1H3,(H,11,12)/p-1/t3-,5-/m1/s1. The van der Waals surface area contributed by atoms with Crippen molar-refractivity contribution in [3.63, 3.8) is 0 Å². The third-order valence-electron chi connectivity index (χ3n) is 1.89. The molecule has 0 amide bonds. The summed E-state index contributed by atoms with van der Waals surface area (Å²) in [6.45, 7) is 0. The van der Waals surface area contributed by atoms with Gasteiger partial charge in [-0.25, -0.2) is 8.42 Å². The number of sulfonamides is 1. The fourth-order valence-corrected chi connectivity index (χ4v) is 4.29. The Kier molecular flexibility index (Phi) is 3.46. The molecule has 0 aromatic carbocycles.